The van der Waals surface area contributed by atoms with E-state index in [1.54, 1.807) is 0 Å². The summed E-state index contributed by atoms with van der Waals surface area (Å²) in [6.07, 6.45) is 3.86. The Bertz CT molecular complexity index is 685. The van der Waals surface area contributed by atoms with Crippen LogP contribution in [0.4, 0.5) is 0 Å². The molecule has 0 spiro atoms. The van der Waals surface area contributed by atoms with Gasteiger partial charge in [0.25, 0.3) is 0 Å². The van der Waals surface area contributed by atoms with E-state index in [2.05, 4.69) is 51.7 Å². The quantitative estimate of drug-likeness (QED) is 0.698. The summed E-state index contributed by atoms with van der Waals surface area (Å²) in [5.41, 5.74) is 2.60. The predicted octanol–water partition coefficient (Wildman–Crippen LogP) is 3.10. The van der Waals surface area contributed by atoms with Gasteiger partial charge in [0, 0.05) is 36.3 Å². The van der Waals surface area contributed by atoms with E-state index < -0.39 is 0 Å². The molecule has 1 saturated heterocycles. The van der Waals surface area contributed by atoms with Crippen LogP contribution >= 0.6 is 0 Å². The van der Waals surface area contributed by atoms with Crippen LogP contribution in [0.5, 0.6) is 0 Å². The molecule has 1 aliphatic heterocycles. The summed E-state index contributed by atoms with van der Waals surface area (Å²) in [4.78, 5) is 6.77. The van der Waals surface area contributed by atoms with Crippen LogP contribution in [0.15, 0.2) is 42.7 Å². The van der Waals surface area contributed by atoms with Gasteiger partial charge in [-0.05, 0) is 18.1 Å². The minimum atomic E-state index is 0.842. The van der Waals surface area contributed by atoms with Gasteiger partial charge in [0.15, 0.2) is 0 Å². The predicted molar refractivity (Wildman–Crippen MR) is 78.0 cm³/mol. The largest absolute Gasteiger partial charge is 0.327 e. The van der Waals surface area contributed by atoms with Crippen molar-refractivity contribution >= 4 is 21.8 Å². The number of para-hydroxylation sites is 1. The molecule has 0 aliphatic carbocycles. The molecule has 0 N–H and O–H groups in total. The molecule has 1 fully saturated rings. The minimum Gasteiger partial charge on any atom is -0.327 e. The van der Waals surface area contributed by atoms with Crippen LogP contribution in [0.1, 0.15) is 6.92 Å². The van der Waals surface area contributed by atoms with Gasteiger partial charge in [-0.15, -0.1) is 0 Å². The van der Waals surface area contributed by atoms with Gasteiger partial charge in [0.1, 0.15) is 0 Å². The number of hydrogen-bond acceptors (Lipinski definition) is 2. The molecular weight excluding hydrogens is 234 g/mol. The Morgan fingerprint density at radius 1 is 1.11 bits per heavy atom. The third-order valence-corrected chi connectivity index (χ3v) is 4.06. The van der Waals surface area contributed by atoms with Gasteiger partial charge >= 0.3 is 0 Å². The van der Waals surface area contributed by atoms with E-state index in [0.29, 0.717) is 0 Å². The summed E-state index contributed by atoms with van der Waals surface area (Å²) in [7, 11) is 0. The highest BCUT2D eigenvalue weighted by Gasteiger charge is 2.23. The van der Waals surface area contributed by atoms with Gasteiger partial charge in [0.2, 0.25) is 0 Å². The summed E-state index contributed by atoms with van der Waals surface area (Å²) in [6, 6.07) is 10.7. The fraction of sp³-hybridized carbons (Fsp3) is 0.312. The first-order valence-electron chi connectivity index (χ1n) is 6.86. The van der Waals surface area contributed by atoms with Gasteiger partial charge in [-0.25, -0.2) is 0 Å². The molecule has 3 heterocycles. The third-order valence-electron chi connectivity index (χ3n) is 4.06. The van der Waals surface area contributed by atoms with Crippen molar-refractivity contribution in [2.75, 3.05) is 13.1 Å². The van der Waals surface area contributed by atoms with Crippen LogP contribution in [0.25, 0.3) is 21.8 Å². The second kappa shape index (κ2) is 4.07. The number of benzene rings is 1. The number of pyridine rings is 1. The van der Waals surface area contributed by atoms with Crippen LogP contribution in [-0.2, 0) is 6.67 Å². The standard InChI is InChI=1S/C16H17N3/c1-12-9-18(10-12)11-19-15-5-3-2-4-13(15)14-8-17-7-6-16(14)19/h2-8,12H,9-11H2,1H3. The molecule has 19 heavy (non-hydrogen) atoms. The number of rotatable bonds is 2. The molecule has 4 rings (SSSR count). The molecule has 3 nitrogen and oxygen atoms in total. The summed E-state index contributed by atoms with van der Waals surface area (Å²) in [5, 5.41) is 2.56. The number of likely N-dealkylation sites (tertiary alicyclic amines) is 1. The average Bonchev–Trinajstić information content (AvgIpc) is 2.73. The SMILES string of the molecule is CC1CN(Cn2c3ccccc3c3cnccc32)C1. The van der Waals surface area contributed by atoms with Gasteiger partial charge < -0.3 is 4.57 Å². The first kappa shape index (κ1) is 11.0. The molecule has 0 unspecified atom stereocenters. The molecule has 1 aliphatic rings. The maximum Gasteiger partial charge on any atom is 0.0757 e. The molecule has 0 radical (unpaired) electrons. The lowest BCUT2D eigenvalue weighted by molar-refractivity contribution is 0.0811. The van der Waals surface area contributed by atoms with Gasteiger partial charge in [0.05, 0.1) is 17.7 Å². The van der Waals surface area contributed by atoms with E-state index in [9.17, 15) is 0 Å². The van der Waals surface area contributed by atoms with Crippen LogP contribution < -0.4 is 0 Å². The Morgan fingerprint density at radius 2 is 1.89 bits per heavy atom. The molecule has 1 aromatic carbocycles. The highest BCUT2D eigenvalue weighted by Crippen LogP contribution is 2.29. The van der Waals surface area contributed by atoms with E-state index in [1.165, 1.54) is 34.9 Å². The molecule has 0 atom stereocenters. The second-order valence-electron chi connectivity index (χ2n) is 5.62. The number of hydrogen-bond donors (Lipinski definition) is 0. The molecule has 0 saturated carbocycles. The molecule has 2 aromatic heterocycles. The first-order valence-corrected chi connectivity index (χ1v) is 6.86. The summed E-state index contributed by atoms with van der Waals surface area (Å²) in [5.74, 6) is 0.842. The third kappa shape index (κ3) is 1.65. The highest BCUT2D eigenvalue weighted by atomic mass is 15.3. The fourth-order valence-electron chi connectivity index (χ4n) is 3.19. The van der Waals surface area contributed by atoms with Crippen LogP contribution in [-0.4, -0.2) is 27.5 Å². The number of nitrogens with zero attached hydrogens (tertiary/aromatic N) is 3. The Balaban J connectivity index is 1.90. The Hall–Kier alpha value is -1.87. The summed E-state index contributed by atoms with van der Waals surface area (Å²) >= 11 is 0. The van der Waals surface area contributed by atoms with Crippen molar-refractivity contribution in [3.8, 4) is 0 Å². The zero-order valence-corrected chi connectivity index (χ0v) is 11.1. The zero-order valence-electron chi connectivity index (χ0n) is 11.1. The van der Waals surface area contributed by atoms with Crippen LogP contribution in [0.2, 0.25) is 0 Å². The van der Waals surface area contributed by atoms with Crippen LogP contribution in [0, 0.1) is 5.92 Å². The number of aromatic nitrogens is 2. The lowest BCUT2D eigenvalue weighted by atomic mass is 10.0. The van der Waals surface area contributed by atoms with E-state index >= 15 is 0 Å². The van der Waals surface area contributed by atoms with Crippen molar-refractivity contribution in [2.24, 2.45) is 5.92 Å². The monoisotopic (exact) mass is 251 g/mol. The molecule has 3 aromatic rings. The Kier molecular flexibility index (Phi) is 2.35. The van der Waals surface area contributed by atoms with Crippen molar-refractivity contribution in [3.63, 3.8) is 0 Å². The summed E-state index contributed by atoms with van der Waals surface area (Å²) < 4.78 is 2.41. The van der Waals surface area contributed by atoms with Crippen molar-refractivity contribution in [3.05, 3.63) is 42.7 Å². The normalized spacial score (nSPS) is 17.1. The van der Waals surface area contributed by atoms with Gasteiger partial charge in [-0.1, -0.05) is 25.1 Å². The van der Waals surface area contributed by atoms with Gasteiger partial charge in [-0.2, -0.15) is 0 Å². The smallest absolute Gasteiger partial charge is 0.0757 e. The minimum absolute atomic E-state index is 0.842. The first-order chi connectivity index (χ1) is 9.33. The summed E-state index contributed by atoms with van der Waals surface area (Å²) in [6.45, 7) is 5.71. The maximum atomic E-state index is 4.27. The van der Waals surface area contributed by atoms with E-state index in [1.807, 2.05) is 12.4 Å². The fourth-order valence-corrected chi connectivity index (χ4v) is 3.19. The lowest BCUT2D eigenvalue weighted by Crippen LogP contribution is -2.45. The molecular formula is C16H17N3. The van der Waals surface area contributed by atoms with Crippen molar-refractivity contribution in [1.29, 1.82) is 0 Å². The van der Waals surface area contributed by atoms with E-state index in [-0.39, 0.29) is 0 Å². The van der Waals surface area contributed by atoms with Crippen molar-refractivity contribution < 1.29 is 0 Å². The van der Waals surface area contributed by atoms with Crippen molar-refractivity contribution in [2.45, 2.75) is 13.6 Å². The number of fused-ring (bicyclic) bond motifs is 3. The maximum absolute atomic E-state index is 4.27. The molecule has 0 bridgehead atoms. The second-order valence-corrected chi connectivity index (χ2v) is 5.62. The topological polar surface area (TPSA) is 21.1 Å². The van der Waals surface area contributed by atoms with Crippen molar-refractivity contribution in [1.82, 2.24) is 14.5 Å². The zero-order chi connectivity index (χ0) is 12.8. The lowest BCUT2D eigenvalue weighted by Gasteiger charge is -2.37. The van der Waals surface area contributed by atoms with E-state index in [0.717, 1.165) is 12.6 Å². The Labute approximate surface area is 112 Å². The van der Waals surface area contributed by atoms with Gasteiger partial charge in [-0.3, -0.25) is 9.88 Å². The Morgan fingerprint density at radius 3 is 2.74 bits per heavy atom. The highest BCUT2D eigenvalue weighted by molar-refractivity contribution is 6.07. The molecule has 3 heteroatoms. The molecule has 0 amide bonds. The average molecular weight is 251 g/mol. The van der Waals surface area contributed by atoms with E-state index in [4.69, 9.17) is 0 Å². The molecule has 96 valence electrons. The van der Waals surface area contributed by atoms with Crippen LogP contribution in [0.3, 0.4) is 0 Å².